The molecule has 2 aromatic rings. The molecule has 0 bridgehead atoms. The zero-order valence-electron chi connectivity index (χ0n) is 12.6. The summed E-state index contributed by atoms with van der Waals surface area (Å²) in [5, 5.41) is 4.63. The molecule has 112 valence electrons. The van der Waals surface area contributed by atoms with Crippen LogP contribution in [0.4, 0.5) is 4.79 Å². The predicted molar refractivity (Wildman–Crippen MR) is 82.6 cm³/mol. The largest absolute Gasteiger partial charge is 0.322 e. The average Bonchev–Trinajstić information content (AvgIpc) is 2.76. The first-order chi connectivity index (χ1) is 9.81. The fourth-order valence-corrected chi connectivity index (χ4v) is 2.77. The van der Waals surface area contributed by atoms with Crippen LogP contribution in [0.2, 0.25) is 0 Å². The monoisotopic (exact) mass is 307 g/mol. The summed E-state index contributed by atoms with van der Waals surface area (Å²) in [4.78, 5) is 24.3. The summed E-state index contributed by atoms with van der Waals surface area (Å²) >= 11 is 5.48. The van der Waals surface area contributed by atoms with Gasteiger partial charge in [-0.25, -0.2) is 0 Å². The number of benzene rings is 1. The highest BCUT2D eigenvalue weighted by Crippen LogP contribution is 2.22. The van der Waals surface area contributed by atoms with Crippen molar-refractivity contribution in [1.29, 1.82) is 0 Å². The van der Waals surface area contributed by atoms with E-state index in [1.807, 2.05) is 30.8 Å². The number of amides is 1. The predicted octanol–water partition coefficient (Wildman–Crippen LogP) is 2.67. The lowest BCUT2D eigenvalue weighted by Gasteiger charge is -2.24. The van der Waals surface area contributed by atoms with Crippen molar-refractivity contribution >= 4 is 33.7 Å². The average molecular weight is 308 g/mol. The normalized spacial score (nSPS) is 12.4. The fourth-order valence-electron chi connectivity index (χ4n) is 2.65. The van der Waals surface area contributed by atoms with Gasteiger partial charge >= 0.3 is 5.37 Å². The third kappa shape index (κ3) is 3.08. The zero-order valence-corrected chi connectivity index (χ0v) is 13.3. The minimum atomic E-state index is -0.630. The molecule has 0 aliphatic heterocycles. The van der Waals surface area contributed by atoms with E-state index in [4.69, 9.17) is 11.6 Å². The van der Waals surface area contributed by atoms with E-state index < -0.39 is 11.4 Å². The molecular formula is C15H18ClN3O2. The number of carbonyl (C=O) groups is 2. The zero-order chi connectivity index (χ0) is 15.7. The van der Waals surface area contributed by atoms with Crippen LogP contribution in [-0.4, -0.2) is 38.9 Å². The topological polar surface area (TPSA) is 55.2 Å². The summed E-state index contributed by atoms with van der Waals surface area (Å²) in [5.41, 5.74) is 3.14. The Morgan fingerprint density at radius 1 is 1.43 bits per heavy atom. The Labute approximate surface area is 128 Å². The van der Waals surface area contributed by atoms with Crippen molar-refractivity contribution in [3.8, 4) is 0 Å². The molecule has 0 fully saturated rings. The number of rotatable bonds is 4. The molecule has 1 atom stereocenters. The van der Waals surface area contributed by atoms with Crippen LogP contribution in [0.5, 0.6) is 0 Å². The molecule has 0 radical (unpaired) electrons. The Balaban J connectivity index is 2.37. The van der Waals surface area contributed by atoms with E-state index in [-0.39, 0.29) is 5.78 Å². The molecule has 0 spiro atoms. The number of nitrogens with zero attached hydrogens (tertiary/aromatic N) is 3. The minimum Gasteiger partial charge on any atom is -0.322 e. The molecule has 0 aliphatic carbocycles. The van der Waals surface area contributed by atoms with Gasteiger partial charge in [-0.1, -0.05) is 6.07 Å². The molecule has 1 heterocycles. The Kier molecular flexibility index (Phi) is 4.32. The van der Waals surface area contributed by atoms with Crippen molar-refractivity contribution in [3.05, 3.63) is 29.5 Å². The quantitative estimate of drug-likeness (QED) is 0.644. The molecule has 1 aromatic carbocycles. The highest BCUT2D eigenvalue weighted by molar-refractivity contribution is 6.62. The van der Waals surface area contributed by atoms with E-state index in [1.165, 1.54) is 18.9 Å². The van der Waals surface area contributed by atoms with Crippen molar-refractivity contribution < 1.29 is 9.59 Å². The number of aromatic nitrogens is 2. The van der Waals surface area contributed by atoms with Crippen molar-refractivity contribution in [1.82, 2.24) is 14.7 Å². The summed E-state index contributed by atoms with van der Waals surface area (Å²) in [7, 11) is 3.43. The van der Waals surface area contributed by atoms with Gasteiger partial charge < -0.3 is 4.90 Å². The lowest BCUT2D eigenvalue weighted by atomic mass is 9.99. The number of halogens is 1. The summed E-state index contributed by atoms with van der Waals surface area (Å²) in [6.07, 6.45) is 2.24. The van der Waals surface area contributed by atoms with Gasteiger partial charge in [0.05, 0.1) is 17.8 Å². The molecule has 6 heteroatoms. The SMILES string of the molecule is CC(=O)[C@@H](Cc1cc(C)c2c(cnn2C)c1)N(C)C(=O)Cl. The van der Waals surface area contributed by atoms with Crippen LogP contribution in [0.25, 0.3) is 10.9 Å². The van der Waals surface area contributed by atoms with Gasteiger partial charge in [-0.15, -0.1) is 0 Å². The second-order valence-corrected chi connectivity index (χ2v) is 5.64. The molecule has 1 amide bonds. The molecule has 2 rings (SSSR count). The second kappa shape index (κ2) is 5.85. The first-order valence-corrected chi connectivity index (χ1v) is 7.03. The second-order valence-electron chi connectivity index (χ2n) is 5.31. The molecule has 0 saturated heterocycles. The lowest BCUT2D eigenvalue weighted by molar-refractivity contribution is -0.120. The maximum atomic E-state index is 11.8. The molecule has 0 saturated carbocycles. The molecule has 5 nitrogen and oxygen atoms in total. The highest BCUT2D eigenvalue weighted by atomic mass is 35.5. The Morgan fingerprint density at radius 2 is 2.10 bits per heavy atom. The van der Waals surface area contributed by atoms with Crippen LogP contribution in [0, 0.1) is 6.92 Å². The maximum absolute atomic E-state index is 11.8. The molecule has 0 unspecified atom stereocenters. The summed E-state index contributed by atoms with van der Waals surface area (Å²) in [5.74, 6) is -0.0876. The first kappa shape index (κ1) is 15.5. The summed E-state index contributed by atoms with van der Waals surface area (Å²) in [6.45, 7) is 3.48. The Bertz CT molecular complexity index is 708. The standard InChI is InChI=1S/C15H18ClN3O2/c1-9-5-11(6-12-8-17-19(4)14(9)12)7-13(10(2)20)18(3)15(16)21/h5-6,8,13H,7H2,1-4H3/t13-/m1/s1. The Hall–Kier alpha value is -1.88. The van der Waals surface area contributed by atoms with Gasteiger partial charge in [-0.05, 0) is 42.6 Å². The number of carbonyl (C=O) groups excluding carboxylic acids is 2. The number of hydrogen-bond donors (Lipinski definition) is 0. The number of aryl methyl sites for hydroxylation is 2. The Morgan fingerprint density at radius 3 is 2.67 bits per heavy atom. The molecule has 0 aliphatic rings. The number of fused-ring (bicyclic) bond motifs is 1. The number of Topliss-reactive ketones (excluding diaryl/α,β-unsaturated/α-hetero) is 1. The highest BCUT2D eigenvalue weighted by Gasteiger charge is 2.23. The summed E-state index contributed by atoms with van der Waals surface area (Å²) in [6, 6.07) is 3.47. The van der Waals surface area contributed by atoms with E-state index >= 15 is 0 Å². The van der Waals surface area contributed by atoms with Gasteiger partial charge in [0.25, 0.3) is 0 Å². The van der Waals surface area contributed by atoms with Gasteiger partial charge in [0.1, 0.15) is 0 Å². The number of hydrogen-bond acceptors (Lipinski definition) is 3. The number of likely N-dealkylation sites (N-methyl/N-ethyl adjacent to an activating group) is 1. The lowest BCUT2D eigenvalue weighted by Crippen LogP contribution is -2.40. The van der Waals surface area contributed by atoms with Gasteiger partial charge in [0.15, 0.2) is 5.78 Å². The smallest absolute Gasteiger partial charge is 0.316 e. The van der Waals surface area contributed by atoms with Crippen molar-refractivity contribution in [2.75, 3.05) is 7.05 Å². The van der Waals surface area contributed by atoms with Crippen LogP contribution in [-0.2, 0) is 18.3 Å². The van der Waals surface area contributed by atoms with Gasteiger partial charge in [0.2, 0.25) is 0 Å². The van der Waals surface area contributed by atoms with Crippen molar-refractivity contribution in [2.45, 2.75) is 26.3 Å². The van der Waals surface area contributed by atoms with Gasteiger partial charge in [0, 0.05) is 25.9 Å². The molecule has 0 N–H and O–H groups in total. The third-order valence-electron chi connectivity index (χ3n) is 3.73. The van der Waals surface area contributed by atoms with Gasteiger partial charge in [-0.2, -0.15) is 5.10 Å². The van der Waals surface area contributed by atoms with Crippen LogP contribution in [0.1, 0.15) is 18.1 Å². The van der Waals surface area contributed by atoms with E-state index in [1.54, 1.807) is 6.20 Å². The van der Waals surface area contributed by atoms with Gasteiger partial charge in [-0.3, -0.25) is 14.3 Å². The van der Waals surface area contributed by atoms with E-state index in [0.29, 0.717) is 6.42 Å². The van der Waals surface area contributed by atoms with Crippen LogP contribution >= 0.6 is 11.6 Å². The van der Waals surface area contributed by atoms with Crippen LogP contribution in [0.15, 0.2) is 18.3 Å². The van der Waals surface area contributed by atoms with Crippen molar-refractivity contribution in [2.24, 2.45) is 7.05 Å². The fraction of sp³-hybridized carbons (Fsp3) is 0.400. The first-order valence-electron chi connectivity index (χ1n) is 6.65. The van der Waals surface area contributed by atoms with Crippen LogP contribution in [0.3, 0.4) is 0 Å². The molecular weight excluding hydrogens is 290 g/mol. The maximum Gasteiger partial charge on any atom is 0.316 e. The minimum absolute atomic E-state index is 0.0876. The molecule has 21 heavy (non-hydrogen) atoms. The third-order valence-corrected chi connectivity index (χ3v) is 3.99. The van der Waals surface area contributed by atoms with E-state index in [0.717, 1.165) is 22.0 Å². The van der Waals surface area contributed by atoms with E-state index in [9.17, 15) is 9.59 Å². The van der Waals surface area contributed by atoms with Crippen molar-refractivity contribution in [3.63, 3.8) is 0 Å². The molecule has 1 aromatic heterocycles. The summed E-state index contributed by atoms with van der Waals surface area (Å²) < 4.78 is 1.82. The van der Waals surface area contributed by atoms with Crippen LogP contribution < -0.4 is 0 Å². The number of ketones is 1. The van der Waals surface area contributed by atoms with E-state index in [2.05, 4.69) is 5.10 Å².